The second-order valence-corrected chi connectivity index (χ2v) is 8.03. The Morgan fingerprint density at radius 2 is 1.64 bits per heavy atom. The highest BCUT2D eigenvalue weighted by atomic mass is 16.5. The van der Waals surface area contributed by atoms with Crippen LogP contribution in [0.2, 0.25) is 0 Å². The lowest BCUT2D eigenvalue weighted by Crippen LogP contribution is -2.49. The number of aromatic nitrogens is 2. The Morgan fingerprint density at radius 3 is 2.30 bits per heavy atom. The Kier molecular flexibility index (Phi) is 6.63. The third kappa shape index (κ3) is 5.16. The van der Waals surface area contributed by atoms with Crippen molar-refractivity contribution in [3.05, 3.63) is 65.4 Å². The van der Waals surface area contributed by atoms with Gasteiger partial charge in [0, 0.05) is 49.7 Å². The molecular weight excluding hydrogens is 418 g/mol. The van der Waals surface area contributed by atoms with Gasteiger partial charge in [-0.3, -0.25) is 4.79 Å². The second kappa shape index (κ2) is 9.77. The van der Waals surface area contributed by atoms with Crippen LogP contribution in [-0.4, -0.2) is 61.2 Å². The number of amides is 1. The van der Waals surface area contributed by atoms with Gasteiger partial charge in [-0.25, -0.2) is 4.98 Å². The van der Waals surface area contributed by atoms with Crippen LogP contribution in [0.1, 0.15) is 21.6 Å². The highest BCUT2D eigenvalue weighted by Crippen LogP contribution is 2.26. The SMILES string of the molecule is COc1ccc(C(=O)N2CCN(c3nc(C)cc(Nc4ccc(C)cc4)n3)CC2)c(OC)c1. The lowest BCUT2D eigenvalue weighted by atomic mass is 10.1. The van der Waals surface area contributed by atoms with Crippen LogP contribution in [0.4, 0.5) is 17.5 Å². The number of rotatable bonds is 6. The molecule has 33 heavy (non-hydrogen) atoms. The number of anilines is 3. The van der Waals surface area contributed by atoms with Gasteiger partial charge in [0.25, 0.3) is 5.91 Å². The standard InChI is InChI=1S/C25H29N5O3/c1-17-5-7-19(8-6-17)27-23-15-18(2)26-25(28-23)30-13-11-29(12-14-30)24(31)21-10-9-20(32-3)16-22(21)33-4/h5-10,15-16H,11-14H2,1-4H3,(H,26,27,28). The summed E-state index contributed by atoms with van der Waals surface area (Å²) < 4.78 is 10.6. The van der Waals surface area contributed by atoms with Crippen LogP contribution in [0.3, 0.4) is 0 Å². The number of nitrogens with one attached hydrogen (secondary N) is 1. The summed E-state index contributed by atoms with van der Waals surface area (Å²) in [5.41, 5.74) is 3.60. The van der Waals surface area contributed by atoms with E-state index in [1.165, 1.54) is 5.56 Å². The van der Waals surface area contributed by atoms with Crippen LogP contribution >= 0.6 is 0 Å². The summed E-state index contributed by atoms with van der Waals surface area (Å²) in [4.78, 5) is 26.4. The number of nitrogens with zero attached hydrogens (tertiary/aromatic N) is 4. The summed E-state index contributed by atoms with van der Waals surface area (Å²) in [5.74, 6) is 2.53. The summed E-state index contributed by atoms with van der Waals surface area (Å²) in [6, 6.07) is 15.4. The molecule has 1 amide bonds. The van der Waals surface area contributed by atoms with E-state index in [9.17, 15) is 4.79 Å². The summed E-state index contributed by atoms with van der Waals surface area (Å²) in [6.07, 6.45) is 0. The van der Waals surface area contributed by atoms with Gasteiger partial charge in [-0.15, -0.1) is 0 Å². The van der Waals surface area contributed by atoms with E-state index in [4.69, 9.17) is 14.5 Å². The molecule has 172 valence electrons. The summed E-state index contributed by atoms with van der Waals surface area (Å²) in [6.45, 7) is 6.47. The first kappa shape index (κ1) is 22.4. The molecule has 8 heteroatoms. The molecule has 1 fully saturated rings. The molecule has 1 aliphatic heterocycles. The molecule has 0 radical (unpaired) electrons. The number of ether oxygens (including phenoxy) is 2. The third-order valence-electron chi connectivity index (χ3n) is 5.66. The van der Waals surface area contributed by atoms with E-state index in [0.717, 1.165) is 17.2 Å². The molecule has 0 saturated carbocycles. The van der Waals surface area contributed by atoms with Crippen LogP contribution in [-0.2, 0) is 0 Å². The van der Waals surface area contributed by atoms with Gasteiger partial charge >= 0.3 is 0 Å². The average molecular weight is 448 g/mol. The fourth-order valence-corrected chi connectivity index (χ4v) is 3.80. The van der Waals surface area contributed by atoms with Crippen molar-refractivity contribution in [2.75, 3.05) is 50.6 Å². The first-order valence-corrected chi connectivity index (χ1v) is 10.9. The van der Waals surface area contributed by atoms with Crippen LogP contribution in [0.5, 0.6) is 11.5 Å². The van der Waals surface area contributed by atoms with Crippen molar-refractivity contribution in [1.82, 2.24) is 14.9 Å². The Hall–Kier alpha value is -3.81. The molecule has 0 spiro atoms. The zero-order chi connectivity index (χ0) is 23.4. The molecular formula is C25H29N5O3. The van der Waals surface area contributed by atoms with Crippen LogP contribution < -0.4 is 19.7 Å². The van der Waals surface area contributed by atoms with Crippen LogP contribution in [0, 0.1) is 13.8 Å². The number of aryl methyl sites for hydroxylation is 2. The smallest absolute Gasteiger partial charge is 0.257 e. The normalized spacial score (nSPS) is 13.6. The maximum atomic E-state index is 13.1. The summed E-state index contributed by atoms with van der Waals surface area (Å²) in [7, 11) is 3.14. The van der Waals surface area contributed by atoms with Gasteiger partial charge in [0.2, 0.25) is 5.95 Å². The van der Waals surface area contributed by atoms with Crippen molar-refractivity contribution in [1.29, 1.82) is 0 Å². The predicted octanol–water partition coefficient (Wildman–Crippen LogP) is 3.82. The molecule has 0 atom stereocenters. The monoisotopic (exact) mass is 447 g/mol. The molecule has 1 aliphatic rings. The number of carbonyl (C=O) groups is 1. The molecule has 1 saturated heterocycles. The van der Waals surface area contributed by atoms with E-state index in [0.29, 0.717) is 49.2 Å². The molecule has 0 aliphatic carbocycles. The molecule has 0 bridgehead atoms. The summed E-state index contributed by atoms with van der Waals surface area (Å²) in [5, 5.41) is 3.36. The van der Waals surface area contributed by atoms with Gasteiger partial charge in [0.15, 0.2) is 0 Å². The van der Waals surface area contributed by atoms with Gasteiger partial charge in [-0.1, -0.05) is 17.7 Å². The largest absolute Gasteiger partial charge is 0.497 e. The average Bonchev–Trinajstić information content (AvgIpc) is 2.84. The van der Waals surface area contributed by atoms with Gasteiger partial charge in [0.05, 0.1) is 19.8 Å². The number of carbonyl (C=O) groups excluding carboxylic acids is 1. The molecule has 3 aromatic rings. The zero-order valence-corrected chi connectivity index (χ0v) is 19.5. The lowest BCUT2D eigenvalue weighted by molar-refractivity contribution is 0.0742. The minimum absolute atomic E-state index is 0.0546. The van der Waals surface area contributed by atoms with E-state index in [1.807, 2.05) is 30.0 Å². The molecule has 1 N–H and O–H groups in total. The van der Waals surface area contributed by atoms with Crippen molar-refractivity contribution in [3.8, 4) is 11.5 Å². The van der Waals surface area contributed by atoms with Gasteiger partial charge in [-0.2, -0.15) is 4.98 Å². The number of benzene rings is 2. The van der Waals surface area contributed by atoms with Crippen LogP contribution in [0.15, 0.2) is 48.5 Å². The van der Waals surface area contributed by atoms with Crippen LogP contribution in [0.25, 0.3) is 0 Å². The molecule has 2 heterocycles. The lowest BCUT2D eigenvalue weighted by Gasteiger charge is -2.35. The minimum atomic E-state index is -0.0546. The fourth-order valence-electron chi connectivity index (χ4n) is 3.80. The fraction of sp³-hybridized carbons (Fsp3) is 0.320. The summed E-state index contributed by atoms with van der Waals surface area (Å²) >= 11 is 0. The minimum Gasteiger partial charge on any atom is -0.497 e. The Labute approximate surface area is 194 Å². The maximum absolute atomic E-state index is 13.1. The van der Waals surface area contributed by atoms with E-state index in [-0.39, 0.29) is 5.91 Å². The predicted molar refractivity (Wildman–Crippen MR) is 129 cm³/mol. The molecule has 8 nitrogen and oxygen atoms in total. The number of methoxy groups -OCH3 is 2. The Morgan fingerprint density at radius 1 is 0.909 bits per heavy atom. The zero-order valence-electron chi connectivity index (χ0n) is 19.5. The molecule has 1 aromatic heterocycles. The van der Waals surface area contributed by atoms with E-state index < -0.39 is 0 Å². The van der Waals surface area contributed by atoms with Crippen molar-refractivity contribution in [2.24, 2.45) is 0 Å². The van der Waals surface area contributed by atoms with E-state index >= 15 is 0 Å². The topological polar surface area (TPSA) is 79.8 Å². The third-order valence-corrected chi connectivity index (χ3v) is 5.66. The van der Waals surface area contributed by atoms with Crippen molar-refractivity contribution < 1.29 is 14.3 Å². The number of piperazine rings is 1. The van der Waals surface area contributed by atoms with Crippen molar-refractivity contribution in [2.45, 2.75) is 13.8 Å². The molecule has 4 rings (SSSR count). The van der Waals surface area contributed by atoms with E-state index in [2.05, 4.69) is 34.3 Å². The van der Waals surface area contributed by atoms with Gasteiger partial charge < -0.3 is 24.6 Å². The Bertz CT molecular complexity index is 1130. The van der Waals surface area contributed by atoms with Crippen molar-refractivity contribution in [3.63, 3.8) is 0 Å². The van der Waals surface area contributed by atoms with Crippen molar-refractivity contribution >= 4 is 23.4 Å². The maximum Gasteiger partial charge on any atom is 0.257 e. The second-order valence-electron chi connectivity index (χ2n) is 8.03. The highest BCUT2D eigenvalue weighted by molar-refractivity contribution is 5.97. The van der Waals surface area contributed by atoms with Gasteiger partial charge in [-0.05, 0) is 38.1 Å². The first-order chi connectivity index (χ1) is 16.0. The molecule has 2 aromatic carbocycles. The first-order valence-electron chi connectivity index (χ1n) is 10.9. The highest BCUT2D eigenvalue weighted by Gasteiger charge is 2.26. The Balaban J connectivity index is 1.44. The number of hydrogen-bond donors (Lipinski definition) is 1. The molecule has 0 unspecified atom stereocenters. The van der Waals surface area contributed by atoms with E-state index in [1.54, 1.807) is 32.4 Å². The number of hydrogen-bond acceptors (Lipinski definition) is 7. The van der Waals surface area contributed by atoms with Gasteiger partial charge in [0.1, 0.15) is 17.3 Å². The quantitative estimate of drug-likeness (QED) is 0.615.